The van der Waals surface area contributed by atoms with Crippen LogP contribution >= 0.6 is 11.3 Å². The normalized spacial score (nSPS) is 10.3. The van der Waals surface area contributed by atoms with Gasteiger partial charge in [-0.15, -0.1) is 21.5 Å². The lowest BCUT2D eigenvalue weighted by Crippen LogP contribution is -2.44. The smallest absolute Gasteiger partial charge is 0.262 e. The SMILES string of the molecule is O=C(Cc1cccs1)NNC(=O)Cn1nnc(-c2ccccc2)n1. The zero-order valence-corrected chi connectivity index (χ0v) is 13.4. The number of aromatic nitrogens is 4. The monoisotopic (exact) mass is 342 g/mol. The number of thiophene rings is 1. The van der Waals surface area contributed by atoms with Crippen molar-refractivity contribution in [1.29, 1.82) is 0 Å². The van der Waals surface area contributed by atoms with Gasteiger partial charge in [0.05, 0.1) is 6.42 Å². The first-order valence-corrected chi connectivity index (χ1v) is 8.02. The van der Waals surface area contributed by atoms with Gasteiger partial charge in [-0.25, -0.2) is 0 Å². The Kier molecular flexibility index (Phi) is 4.92. The van der Waals surface area contributed by atoms with Gasteiger partial charge in [-0.3, -0.25) is 20.4 Å². The van der Waals surface area contributed by atoms with Gasteiger partial charge in [0.1, 0.15) is 6.54 Å². The number of rotatable bonds is 5. The molecule has 122 valence electrons. The maximum atomic E-state index is 11.8. The van der Waals surface area contributed by atoms with E-state index in [0.717, 1.165) is 10.4 Å². The average molecular weight is 342 g/mol. The van der Waals surface area contributed by atoms with Crippen LogP contribution in [0.15, 0.2) is 47.8 Å². The van der Waals surface area contributed by atoms with E-state index in [1.807, 2.05) is 47.8 Å². The molecule has 2 N–H and O–H groups in total. The molecule has 0 saturated carbocycles. The molecule has 2 aromatic heterocycles. The fourth-order valence-electron chi connectivity index (χ4n) is 1.94. The molecule has 8 nitrogen and oxygen atoms in total. The lowest BCUT2D eigenvalue weighted by atomic mass is 10.2. The zero-order chi connectivity index (χ0) is 16.8. The predicted octanol–water partition coefficient (Wildman–Crippen LogP) is 0.792. The van der Waals surface area contributed by atoms with Crippen molar-refractivity contribution in [2.24, 2.45) is 0 Å². The molecule has 3 rings (SSSR count). The van der Waals surface area contributed by atoms with Crippen LogP contribution in [0.3, 0.4) is 0 Å². The molecule has 0 radical (unpaired) electrons. The molecule has 0 aliphatic carbocycles. The van der Waals surface area contributed by atoms with Gasteiger partial charge in [0.25, 0.3) is 5.91 Å². The van der Waals surface area contributed by atoms with E-state index in [1.165, 1.54) is 16.1 Å². The molecule has 0 spiro atoms. The highest BCUT2D eigenvalue weighted by Gasteiger charge is 2.10. The van der Waals surface area contributed by atoms with Crippen molar-refractivity contribution >= 4 is 23.2 Å². The lowest BCUT2D eigenvalue weighted by Gasteiger charge is -2.05. The molecule has 0 unspecified atom stereocenters. The topological polar surface area (TPSA) is 102 Å². The van der Waals surface area contributed by atoms with Crippen LogP contribution in [0, 0.1) is 0 Å². The molecule has 0 bridgehead atoms. The second kappa shape index (κ2) is 7.47. The van der Waals surface area contributed by atoms with Crippen molar-refractivity contribution in [1.82, 2.24) is 31.1 Å². The average Bonchev–Trinajstić information content (AvgIpc) is 3.26. The van der Waals surface area contributed by atoms with Crippen LogP contribution < -0.4 is 10.9 Å². The van der Waals surface area contributed by atoms with Gasteiger partial charge in [0.2, 0.25) is 11.7 Å². The van der Waals surface area contributed by atoms with E-state index in [0.29, 0.717) is 5.82 Å². The van der Waals surface area contributed by atoms with Gasteiger partial charge >= 0.3 is 0 Å². The summed E-state index contributed by atoms with van der Waals surface area (Å²) in [4.78, 5) is 25.6. The summed E-state index contributed by atoms with van der Waals surface area (Å²) in [6, 6.07) is 13.1. The quantitative estimate of drug-likeness (QED) is 0.668. The second-order valence-corrected chi connectivity index (χ2v) is 5.89. The summed E-state index contributed by atoms with van der Waals surface area (Å²) in [5.41, 5.74) is 5.50. The number of hydrogen-bond acceptors (Lipinski definition) is 6. The first-order valence-electron chi connectivity index (χ1n) is 7.14. The van der Waals surface area contributed by atoms with Crippen LogP contribution in [0.4, 0.5) is 0 Å². The Hall–Kier alpha value is -3.07. The van der Waals surface area contributed by atoms with Gasteiger partial charge in [-0.1, -0.05) is 36.4 Å². The lowest BCUT2D eigenvalue weighted by molar-refractivity contribution is -0.129. The van der Waals surface area contributed by atoms with Crippen molar-refractivity contribution in [3.05, 3.63) is 52.7 Å². The Labute approximate surface area is 141 Å². The molecule has 2 heterocycles. The number of nitrogens with one attached hydrogen (secondary N) is 2. The molecule has 0 fully saturated rings. The van der Waals surface area contributed by atoms with E-state index in [1.54, 1.807) is 0 Å². The maximum Gasteiger partial charge on any atom is 0.262 e. The predicted molar refractivity (Wildman–Crippen MR) is 87.6 cm³/mol. The minimum atomic E-state index is -0.438. The van der Waals surface area contributed by atoms with Crippen LogP contribution in [0.5, 0.6) is 0 Å². The van der Waals surface area contributed by atoms with Crippen molar-refractivity contribution in [2.75, 3.05) is 0 Å². The van der Waals surface area contributed by atoms with E-state index in [-0.39, 0.29) is 18.9 Å². The zero-order valence-electron chi connectivity index (χ0n) is 12.5. The summed E-state index contributed by atoms with van der Waals surface area (Å²) >= 11 is 1.48. The van der Waals surface area contributed by atoms with Crippen molar-refractivity contribution in [3.63, 3.8) is 0 Å². The van der Waals surface area contributed by atoms with E-state index in [9.17, 15) is 9.59 Å². The highest BCUT2D eigenvalue weighted by molar-refractivity contribution is 7.10. The number of nitrogens with zero attached hydrogens (tertiary/aromatic N) is 4. The Morgan fingerprint density at radius 3 is 2.58 bits per heavy atom. The Morgan fingerprint density at radius 1 is 1.04 bits per heavy atom. The number of benzene rings is 1. The summed E-state index contributed by atoms with van der Waals surface area (Å²) < 4.78 is 0. The molecular formula is C15H14N6O2S. The summed E-state index contributed by atoms with van der Waals surface area (Å²) in [7, 11) is 0. The summed E-state index contributed by atoms with van der Waals surface area (Å²) in [5, 5.41) is 13.7. The number of tetrazole rings is 1. The van der Waals surface area contributed by atoms with E-state index in [4.69, 9.17) is 0 Å². The maximum absolute atomic E-state index is 11.8. The van der Waals surface area contributed by atoms with Crippen molar-refractivity contribution < 1.29 is 9.59 Å². The third-order valence-corrected chi connectivity index (χ3v) is 3.90. The molecule has 0 atom stereocenters. The molecule has 24 heavy (non-hydrogen) atoms. The highest BCUT2D eigenvalue weighted by atomic mass is 32.1. The standard InChI is InChI=1S/C15H14N6O2S/c22-13(9-12-7-4-8-24-12)16-17-14(23)10-21-19-15(18-20-21)11-5-2-1-3-6-11/h1-8H,9-10H2,(H,16,22)(H,17,23). The van der Waals surface area contributed by atoms with Gasteiger partial charge < -0.3 is 0 Å². The van der Waals surface area contributed by atoms with E-state index in [2.05, 4.69) is 26.3 Å². The minimum Gasteiger partial charge on any atom is -0.273 e. The molecule has 0 aliphatic heterocycles. The third-order valence-electron chi connectivity index (χ3n) is 3.03. The first-order chi connectivity index (χ1) is 11.7. The number of carbonyl (C=O) groups excluding carboxylic acids is 2. The van der Waals surface area contributed by atoms with E-state index < -0.39 is 5.91 Å². The molecule has 0 aliphatic rings. The van der Waals surface area contributed by atoms with Crippen LogP contribution in [0.2, 0.25) is 0 Å². The minimum absolute atomic E-state index is 0.140. The van der Waals surface area contributed by atoms with Crippen LogP contribution in [0.1, 0.15) is 4.88 Å². The van der Waals surface area contributed by atoms with Gasteiger partial charge in [0.15, 0.2) is 0 Å². The van der Waals surface area contributed by atoms with Gasteiger partial charge in [-0.2, -0.15) is 4.80 Å². The molecule has 9 heteroatoms. The Balaban J connectivity index is 1.48. The van der Waals surface area contributed by atoms with Crippen LogP contribution in [0.25, 0.3) is 11.4 Å². The number of carbonyl (C=O) groups is 2. The highest BCUT2D eigenvalue weighted by Crippen LogP contribution is 2.11. The van der Waals surface area contributed by atoms with Crippen LogP contribution in [-0.2, 0) is 22.6 Å². The Bertz CT molecular complexity index is 816. The molecule has 0 saturated heterocycles. The third kappa shape index (κ3) is 4.23. The first kappa shape index (κ1) is 15.8. The molecule has 3 aromatic rings. The van der Waals surface area contributed by atoms with Crippen molar-refractivity contribution in [2.45, 2.75) is 13.0 Å². The second-order valence-electron chi connectivity index (χ2n) is 4.86. The van der Waals surface area contributed by atoms with Crippen molar-refractivity contribution in [3.8, 4) is 11.4 Å². The number of amides is 2. The summed E-state index contributed by atoms with van der Waals surface area (Å²) in [6.45, 7) is -0.140. The fourth-order valence-corrected chi connectivity index (χ4v) is 2.64. The summed E-state index contributed by atoms with van der Waals surface area (Å²) in [6.07, 6.45) is 0.220. The number of hydrazine groups is 1. The largest absolute Gasteiger partial charge is 0.273 e. The van der Waals surface area contributed by atoms with E-state index >= 15 is 0 Å². The van der Waals surface area contributed by atoms with Crippen LogP contribution in [-0.4, -0.2) is 32.0 Å². The number of hydrogen-bond donors (Lipinski definition) is 2. The van der Waals surface area contributed by atoms with Gasteiger partial charge in [0, 0.05) is 10.4 Å². The molecular weight excluding hydrogens is 328 g/mol. The van der Waals surface area contributed by atoms with Gasteiger partial charge in [-0.05, 0) is 16.7 Å². The molecule has 2 amide bonds. The summed E-state index contributed by atoms with van der Waals surface area (Å²) in [5.74, 6) is -0.293. The molecule has 1 aromatic carbocycles. The fraction of sp³-hybridized carbons (Fsp3) is 0.133. The Morgan fingerprint density at radius 2 is 1.83 bits per heavy atom.